The summed E-state index contributed by atoms with van der Waals surface area (Å²) in [6.07, 6.45) is -4.80. The maximum atomic E-state index is 14.2. The summed E-state index contributed by atoms with van der Waals surface area (Å²) in [6.45, 7) is 4.02. The molecule has 5 aromatic rings. The summed E-state index contributed by atoms with van der Waals surface area (Å²) < 4.78 is 49.7. The van der Waals surface area contributed by atoms with Crippen LogP contribution in [0.5, 0.6) is 5.88 Å². The van der Waals surface area contributed by atoms with Gasteiger partial charge in [-0.15, -0.1) is 0 Å². The van der Waals surface area contributed by atoms with E-state index < -0.39 is 22.6 Å². The molecule has 5 nitrogen and oxygen atoms in total. The fourth-order valence-electron chi connectivity index (χ4n) is 3.92. The number of halogens is 3. The van der Waals surface area contributed by atoms with Gasteiger partial charge < -0.3 is 10.1 Å². The molecule has 5 rings (SSSR count). The van der Waals surface area contributed by atoms with Gasteiger partial charge in [-0.3, -0.25) is 9.36 Å². The highest BCUT2D eigenvalue weighted by Crippen LogP contribution is 2.37. The van der Waals surface area contributed by atoms with Gasteiger partial charge in [-0.1, -0.05) is 80.6 Å². The zero-order chi connectivity index (χ0) is 27.1. The van der Waals surface area contributed by atoms with Crippen LogP contribution in [0.3, 0.4) is 0 Å². The Morgan fingerprint density at radius 3 is 2.03 bits per heavy atom. The Balaban J connectivity index is 0.00000164. The van der Waals surface area contributed by atoms with Gasteiger partial charge in [0.15, 0.2) is 11.1 Å². The molecule has 0 aliphatic carbocycles. The molecule has 0 aliphatic heterocycles. The number of hydrogen-bond donors (Lipinski definition) is 1. The van der Waals surface area contributed by atoms with Crippen molar-refractivity contribution in [3.05, 3.63) is 124 Å². The van der Waals surface area contributed by atoms with Gasteiger partial charge in [0.1, 0.15) is 12.4 Å². The van der Waals surface area contributed by atoms with Crippen molar-refractivity contribution in [3.63, 3.8) is 0 Å². The summed E-state index contributed by atoms with van der Waals surface area (Å²) in [5, 5.41) is 2.61. The van der Waals surface area contributed by atoms with E-state index in [0.717, 1.165) is 17.7 Å². The first kappa shape index (κ1) is 26.5. The Labute approximate surface area is 218 Å². The maximum absolute atomic E-state index is 14.2. The lowest BCUT2D eigenvalue weighted by Crippen LogP contribution is -2.19. The van der Waals surface area contributed by atoms with Crippen molar-refractivity contribution in [2.45, 2.75) is 26.6 Å². The second kappa shape index (κ2) is 11.6. The SMILES string of the molecule is CC.O=c1cc(Nc2ccccc2)n(-c2ccccc2)c2nc(OCc3ccccc3)cc(C(F)(F)F)c12. The lowest BCUT2D eigenvalue weighted by Gasteiger charge is -2.20. The summed E-state index contributed by atoms with van der Waals surface area (Å²) in [5.41, 5.74) is -0.102. The van der Waals surface area contributed by atoms with E-state index in [1.807, 2.05) is 50.2 Å². The highest BCUT2D eigenvalue weighted by atomic mass is 19.4. The maximum Gasteiger partial charge on any atom is 0.417 e. The molecule has 0 spiro atoms. The number of nitrogens with zero attached hydrogens (tertiary/aromatic N) is 2. The van der Waals surface area contributed by atoms with E-state index in [9.17, 15) is 18.0 Å². The topological polar surface area (TPSA) is 56.2 Å². The normalized spacial score (nSPS) is 11.0. The number of anilines is 2. The molecule has 2 aromatic heterocycles. The fraction of sp³-hybridized carbons (Fsp3) is 0.133. The molecule has 0 saturated heterocycles. The summed E-state index contributed by atoms with van der Waals surface area (Å²) in [6, 6.07) is 28.8. The summed E-state index contributed by atoms with van der Waals surface area (Å²) in [4.78, 5) is 17.5. The van der Waals surface area contributed by atoms with Crippen LogP contribution < -0.4 is 15.5 Å². The second-order valence-electron chi connectivity index (χ2n) is 8.03. The zero-order valence-electron chi connectivity index (χ0n) is 20.9. The van der Waals surface area contributed by atoms with Crippen molar-refractivity contribution in [3.8, 4) is 11.6 Å². The highest BCUT2D eigenvalue weighted by molar-refractivity contribution is 5.85. The van der Waals surface area contributed by atoms with Crippen LogP contribution in [-0.4, -0.2) is 9.55 Å². The van der Waals surface area contributed by atoms with Crippen LogP contribution in [0.4, 0.5) is 24.7 Å². The highest BCUT2D eigenvalue weighted by Gasteiger charge is 2.36. The number of fused-ring (bicyclic) bond motifs is 1. The molecule has 3 aromatic carbocycles. The number of alkyl halides is 3. The third-order valence-corrected chi connectivity index (χ3v) is 5.54. The number of pyridine rings is 2. The number of para-hydroxylation sites is 2. The van der Waals surface area contributed by atoms with Gasteiger partial charge in [0.25, 0.3) is 0 Å². The minimum Gasteiger partial charge on any atom is -0.473 e. The average molecular weight is 518 g/mol. The van der Waals surface area contributed by atoms with Crippen molar-refractivity contribution in [2.75, 3.05) is 5.32 Å². The molecule has 8 heteroatoms. The number of nitrogens with one attached hydrogen (secondary N) is 1. The predicted octanol–water partition coefficient (Wildman–Crippen LogP) is 7.75. The summed E-state index contributed by atoms with van der Waals surface area (Å²) >= 11 is 0. The summed E-state index contributed by atoms with van der Waals surface area (Å²) in [5.74, 6) is 0.0327. The molecule has 1 N–H and O–H groups in total. The summed E-state index contributed by atoms with van der Waals surface area (Å²) in [7, 11) is 0. The molecule has 0 bridgehead atoms. The molecule has 194 valence electrons. The number of aromatic nitrogens is 2. The third kappa shape index (κ3) is 5.86. The zero-order valence-corrected chi connectivity index (χ0v) is 20.9. The molecule has 0 amide bonds. The Morgan fingerprint density at radius 1 is 0.842 bits per heavy atom. The first-order chi connectivity index (χ1) is 18.4. The van der Waals surface area contributed by atoms with Crippen LogP contribution in [0.25, 0.3) is 16.7 Å². The lowest BCUT2D eigenvalue weighted by molar-refractivity contribution is -0.136. The van der Waals surface area contributed by atoms with Crippen LogP contribution in [0, 0.1) is 0 Å². The van der Waals surface area contributed by atoms with Gasteiger partial charge in [0.2, 0.25) is 5.88 Å². The molecule has 0 atom stereocenters. The van der Waals surface area contributed by atoms with Crippen LogP contribution in [0.15, 0.2) is 108 Å². The smallest absolute Gasteiger partial charge is 0.417 e. The largest absolute Gasteiger partial charge is 0.473 e. The van der Waals surface area contributed by atoms with E-state index in [1.54, 1.807) is 54.6 Å². The lowest BCUT2D eigenvalue weighted by atomic mass is 10.1. The van der Waals surface area contributed by atoms with Gasteiger partial charge in [0.05, 0.1) is 10.9 Å². The molecule has 2 heterocycles. The first-order valence-corrected chi connectivity index (χ1v) is 12.1. The quantitative estimate of drug-likeness (QED) is 0.250. The molecule has 0 saturated carbocycles. The van der Waals surface area contributed by atoms with E-state index >= 15 is 0 Å². The standard InChI is InChI=1S/C28H20F3N3O2.C2H6/c29-28(30,31)22-16-25(36-18-19-10-4-1-5-11-19)33-27-26(22)23(35)17-24(32-20-12-6-2-7-13-20)34(27)21-14-8-3-9-15-21;1-2/h1-17,32H,18H2;1-2H3. The van der Waals surface area contributed by atoms with Crippen LogP contribution in [-0.2, 0) is 12.8 Å². The number of benzene rings is 3. The Bertz CT molecular complexity index is 1550. The van der Waals surface area contributed by atoms with Crippen molar-refractivity contribution in [1.82, 2.24) is 9.55 Å². The van der Waals surface area contributed by atoms with E-state index in [2.05, 4.69) is 10.3 Å². The molecule has 0 fully saturated rings. The minimum absolute atomic E-state index is 0.0220. The van der Waals surface area contributed by atoms with E-state index in [-0.39, 0.29) is 24.0 Å². The van der Waals surface area contributed by atoms with Gasteiger partial charge in [-0.25, -0.2) is 0 Å². The molecule has 0 radical (unpaired) electrons. The van der Waals surface area contributed by atoms with Crippen LogP contribution in [0.2, 0.25) is 0 Å². The first-order valence-electron chi connectivity index (χ1n) is 12.1. The van der Waals surface area contributed by atoms with Crippen molar-refractivity contribution >= 4 is 22.5 Å². The minimum atomic E-state index is -4.80. The third-order valence-electron chi connectivity index (χ3n) is 5.54. The van der Waals surface area contributed by atoms with Gasteiger partial charge >= 0.3 is 6.18 Å². The molecule has 0 aliphatic rings. The van der Waals surface area contributed by atoms with Crippen LogP contribution in [0.1, 0.15) is 25.0 Å². The van der Waals surface area contributed by atoms with Gasteiger partial charge in [-0.2, -0.15) is 18.2 Å². The van der Waals surface area contributed by atoms with E-state index in [1.165, 1.54) is 4.57 Å². The molecular formula is C30H26F3N3O2. The van der Waals surface area contributed by atoms with Crippen molar-refractivity contribution in [2.24, 2.45) is 0 Å². The van der Waals surface area contributed by atoms with Crippen molar-refractivity contribution < 1.29 is 17.9 Å². The van der Waals surface area contributed by atoms with E-state index in [4.69, 9.17) is 4.74 Å². The fourth-order valence-corrected chi connectivity index (χ4v) is 3.92. The number of hydrogen-bond acceptors (Lipinski definition) is 4. The van der Waals surface area contributed by atoms with Gasteiger partial charge in [0, 0.05) is 23.5 Å². The number of rotatable bonds is 6. The molecular weight excluding hydrogens is 491 g/mol. The van der Waals surface area contributed by atoms with Gasteiger partial charge in [-0.05, 0) is 29.8 Å². The monoisotopic (exact) mass is 517 g/mol. The Morgan fingerprint density at radius 2 is 1.42 bits per heavy atom. The molecule has 0 unspecified atom stereocenters. The van der Waals surface area contributed by atoms with E-state index in [0.29, 0.717) is 11.4 Å². The average Bonchev–Trinajstić information content (AvgIpc) is 2.94. The number of ether oxygens (including phenoxy) is 1. The molecule has 38 heavy (non-hydrogen) atoms. The predicted molar refractivity (Wildman–Crippen MR) is 144 cm³/mol. The van der Waals surface area contributed by atoms with Crippen LogP contribution >= 0.6 is 0 Å². The van der Waals surface area contributed by atoms with Crippen molar-refractivity contribution in [1.29, 1.82) is 0 Å². The Kier molecular flexibility index (Phi) is 8.11. The second-order valence-corrected chi connectivity index (χ2v) is 8.03. The Hall–Kier alpha value is -4.59.